The van der Waals surface area contributed by atoms with Gasteiger partial charge in [-0.2, -0.15) is 10.5 Å². The van der Waals surface area contributed by atoms with Crippen molar-refractivity contribution in [1.29, 1.82) is 10.5 Å². The molecule has 0 N–H and O–H groups in total. The van der Waals surface area contributed by atoms with Gasteiger partial charge in [0.15, 0.2) is 0 Å². The fourth-order valence-electron chi connectivity index (χ4n) is 8.70. The maximum absolute atomic E-state index is 10.00. The molecule has 0 unspecified atom stereocenters. The summed E-state index contributed by atoms with van der Waals surface area (Å²) in [7, 11) is 0. The Bertz CT molecular complexity index is 3400. The molecule has 0 bridgehead atoms. The first-order valence-electron chi connectivity index (χ1n) is 18.3. The minimum absolute atomic E-state index is 0.584. The monoisotopic (exact) mass is 699 g/mol. The quantitative estimate of drug-likeness (QED) is 0.184. The number of hydrogen-bond acceptors (Lipinski definition) is 2. The fourth-order valence-corrected chi connectivity index (χ4v) is 8.70. The number of nitrogens with zero attached hydrogens (tertiary/aromatic N) is 5. The number of hydrogen-bond donors (Lipinski definition) is 0. The van der Waals surface area contributed by atoms with Crippen LogP contribution in [0.15, 0.2) is 176 Å². The van der Waals surface area contributed by atoms with E-state index in [1.54, 1.807) is 0 Å². The summed E-state index contributed by atoms with van der Waals surface area (Å²) in [6.45, 7) is 0. The van der Waals surface area contributed by atoms with E-state index in [1.807, 2.05) is 48.5 Å². The average molecular weight is 700 g/mol. The third kappa shape index (κ3) is 4.51. The van der Waals surface area contributed by atoms with Crippen LogP contribution in [0.3, 0.4) is 0 Å². The number of para-hydroxylation sites is 4. The Hall–Kier alpha value is -7.86. The molecule has 11 rings (SSSR count). The highest BCUT2D eigenvalue weighted by atomic mass is 15.0. The molecule has 0 spiro atoms. The van der Waals surface area contributed by atoms with Crippen molar-refractivity contribution < 1.29 is 0 Å². The second kappa shape index (κ2) is 11.8. The molecule has 55 heavy (non-hydrogen) atoms. The molecule has 11 aromatic rings. The lowest BCUT2D eigenvalue weighted by Crippen LogP contribution is -1.99. The minimum Gasteiger partial charge on any atom is -0.309 e. The van der Waals surface area contributed by atoms with Crippen molar-refractivity contribution in [1.82, 2.24) is 13.7 Å². The summed E-state index contributed by atoms with van der Waals surface area (Å²) in [6, 6.07) is 66.1. The van der Waals surface area contributed by atoms with Gasteiger partial charge in [-0.3, -0.25) is 0 Å². The van der Waals surface area contributed by atoms with Gasteiger partial charge >= 0.3 is 0 Å². The number of aromatic nitrogens is 3. The Balaban J connectivity index is 1.07. The zero-order chi connectivity index (χ0) is 36.6. The molecule has 0 atom stereocenters. The summed E-state index contributed by atoms with van der Waals surface area (Å²) in [5.41, 5.74) is 13.0. The molecule has 0 saturated carbocycles. The van der Waals surface area contributed by atoms with Crippen LogP contribution in [0.2, 0.25) is 0 Å². The molecule has 254 valence electrons. The van der Waals surface area contributed by atoms with Crippen LogP contribution in [0, 0.1) is 22.7 Å². The zero-order valence-corrected chi connectivity index (χ0v) is 29.5. The number of rotatable bonds is 4. The summed E-state index contributed by atoms with van der Waals surface area (Å²) >= 11 is 0. The molecular formula is C50H29N5. The summed E-state index contributed by atoms with van der Waals surface area (Å²) in [5.74, 6) is 0. The average Bonchev–Trinajstić information content (AvgIpc) is 3.89. The molecular weight excluding hydrogens is 671 g/mol. The molecule has 0 saturated heterocycles. The Morgan fingerprint density at radius 1 is 0.327 bits per heavy atom. The van der Waals surface area contributed by atoms with E-state index in [1.165, 1.54) is 32.6 Å². The molecule has 8 aromatic carbocycles. The van der Waals surface area contributed by atoms with E-state index in [4.69, 9.17) is 0 Å². The maximum atomic E-state index is 10.00. The predicted molar refractivity (Wildman–Crippen MR) is 224 cm³/mol. The molecule has 0 radical (unpaired) electrons. The van der Waals surface area contributed by atoms with Crippen molar-refractivity contribution in [2.24, 2.45) is 0 Å². The van der Waals surface area contributed by atoms with E-state index in [-0.39, 0.29) is 0 Å². The standard InChI is InChI=1S/C50H29N5/c51-30-32-18-25-49-42(27-32)40-11-4-8-16-47(40)55(49)50-28-33(31-52)17-24-37(50)34-19-21-35(22-20-34)53-46-15-7-3-12-41(46)43-29-36(23-26-48(43)53)54-44-13-5-1-9-38(44)39-10-2-6-14-45(39)54/h1-29H. The van der Waals surface area contributed by atoms with Crippen LogP contribution >= 0.6 is 0 Å². The van der Waals surface area contributed by atoms with E-state index in [2.05, 4.69) is 153 Å². The first-order chi connectivity index (χ1) is 27.2. The predicted octanol–water partition coefficient (Wildman–Crippen LogP) is 12.4. The largest absolute Gasteiger partial charge is 0.309 e. The highest BCUT2D eigenvalue weighted by Crippen LogP contribution is 2.39. The molecule has 0 aliphatic rings. The smallest absolute Gasteiger partial charge is 0.0992 e. The lowest BCUT2D eigenvalue weighted by molar-refractivity contribution is 1.16. The van der Waals surface area contributed by atoms with Crippen LogP contribution in [0.25, 0.3) is 93.6 Å². The molecule has 3 aromatic heterocycles. The Kier molecular flexibility index (Phi) is 6.61. The number of nitriles is 2. The van der Waals surface area contributed by atoms with Gasteiger partial charge in [0.05, 0.1) is 62.1 Å². The maximum Gasteiger partial charge on any atom is 0.0992 e. The SMILES string of the molecule is N#Cc1ccc(-c2ccc(-n3c4ccccc4c4cc(-n5c6ccccc6c6ccccc65)ccc43)cc2)c(-n2c3ccccc3c3cc(C#N)ccc32)c1. The summed E-state index contributed by atoms with van der Waals surface area (Å²) in [6.07, 6.45) is 0. The van der Waals surface area contributed by atoms with Gasteiger partial charge in [-0.05, 0) is 90.5 Å². The van der Waals surface area contributed by atoms with Crippen LogP contribution in [0.1, 0.15) is 11.1 Å². The van der Waals surface area contributed by atoms with E-state index in [0.717, 1.165) is 61.0 Å². The Labute approximate surface area is 316 Å². The van der Waals surface area contributed by atoms with Crippen molar-refractivity contribution in [2.75, 3.05) is 0 Å². The van der Waals surface area contributed by atoms with Gasteiger partial charge in [0.2, 0.25) is 0 Å². The van der Waals surface area contributed by atoms with Crippen LogP contribution in [-0.2, 0) is 0 Å². The highest BCUT2D eigenvalue weighted by molar-refractivity contribution is 6.13. The molecule has 0 aliphatic heterocycles. The number of fused-ring (bicyclic) bond motifs is 9. The van der Waals surface area contributed by atoms with Crippen molar-refractivity contribution in [3.05, 3.63) is 187 Å². The molecule has 5 heteroatoms. The van der Waals surface area contributed by atoms with Gasteiger partial charge in [-0.25, -0.2) is 0 Å². The third-order valence-corrected chi connectivity index (χ3v) is 11.1. The van der Waals surface area contributed by atoms with Gasteiger partial charge in [0.1, 0.15) is 0 Å². The zero-order valence-electron chi connectivity index (χ0n) is 29.5. The van der Waals surface area contributed by atoms with E-state index >= 15 is 0 Å². The van der Waals surface area contributed by atoms with Crippen molar-refractivity contribution in [3.8, 4) is 40.3 Å². The van der Waals surface area contributed by atoms with Crippen molar-refractivity contribution in [3.63, 3.8) is 0 Å². The van der Waals surface area contributed by atoms with E-state index < -0.39 is 0 Å². The highest BCUT2D eigenvalue weighted by Gasteiger charge is 2.19. The molecule has 0 aliphatic carbocycles. The second-order valence-corrected chi connectivity index (χ2v) is 14.0. The minimum atomic E-state index is 0.584. The van der Waals surface area contributed by atoms with Crippen molar-refractivity contribution >= 4 is 65.4 Å². The second-order valence-electron chi connectivity index (χ2n) is 14.0. The molecule has 3 heterocycles. The first kappa shape index (κ1) is 30.7. The lowest BCUT2D eigenvalue weighted by Gasteiger charge is -2.15. The third-order valence-electron chi connectivity index (χ3n) is 11.1. The van der Waals surface area contributed by atoms with Crippen LogP contribution in [0.5, 0.6) is 0 Å². The van der Waals surface area contributed by atoms with Gasteiger partial charge < -0.3 is 13.7 Å². The van der Waals surface area contributed by atoms with Gasteiger partial charge in [0, 0.05) is 49.3 Å². The molecule has 5 nitrogen and oxygen atoms in total. The van der Waals surface area contributed by atoms with Crippen molar-refractivity contribution in [2.45, 2.75) is 0 Å². The van der Waals surface area contributed by atoms with Gasteiger partial charge in [-0.1, -0.05) is 91.0 Å². The van der Waals surface area contributed by atoms with E-state index in [9.17, 15) is 10.5 Å². The summed E-state index contributed by atoms with van der Waals surface area (Å²) in [4.78, 5) is 0. The molecule has 0 fully saturated rings. The van der Waals surface area contributed by atoms with Crippen LogP contribution in [-0.4, -0.2) is 13.7 Å². The molecule has 0 amide bonds. The van der Waals surface area contributed by atoms with Crippen LogP contribution in [0.4, 0.5) is 0 Å². The number of benzene rings is 8. The van der Waals surface area contributed by atoms with E-state index in [0.29, 0.717) is 11.1 Å². The first-order valence-corrected chi connectivity index (χ1v) is 18.3. The summed E-state index contributed by atoms with van der Waals surface area (Å²) < 4.78 is 6.95. The van der Waals surface area contributed by atoms with Gasteiger partial charge in [-0.15, -0.1) is 0 Å². The van der Waals surface area contributed by atoms with Crippen LogP contribution < -0.4 is 0 Å². The Morgan fingerprint density at radius 2 is 0.745 bits per heavy atom. The Morgan fingerprint density at radius 3 is 1.35 bits per heavy atom. The van der Waals surface area contributed by atoms with Gasteiger partial charge in [0.25, 0.3) is 0 Å². The topological polar surface area (TPSA) is 62.4 Å². The fraction of sp³-hybridized carbons (Fsp3) is 0. The lowest BCUT2D eigenvalue weighted by atomic mass is 10.0. The normalized spacial score (nSPS) is 11.6. The summed E-state index contributed by atoms with van der Waals surface area (Å²) in [5, 5.41) is 26.6.